The Kier molecular flexibility index (Phi) is 4.82. The van der Waals surface area contributed by atoms with Crippen molar-refractivity contribution in [3.8, 4) is 11.5 Å². The van der Waals surface area contributed by atoms with Crippen LogP contribution in [0.15, 0.2) is 78.9 Å². The Morgan fingerprint density at radius 3 is 2.25 bits per heavy atom. The minimum atomic E-state index is 0.0613. The minimum Gasteiger partial charge on any atom is -0.458 e. The van der Waals surface area contributed by atoms with Crippen LogP contribution in [0.2, 0.25) is 0 Å². The smallest absolute Gasteiger partial charge is 0.256 e. The average Bonchev–Trinajstić information content (AvgIpc) is 3.38. The lowest BCUT2D eigenvalue weighted by Gasteiger charge is -2.38. The Bertz CT molecular complexity index is 2620. The molecule has 13 rings (SSSR count). The van der Waals surface area contributed by atoms with Gasteiger partial charge >= 0.3 is 0 Å². The van der Waals surface area contributed by atoms with Crippen LogP contribution in [0, 0.1) is 25.7 Å². The molecule has 2 unspecified atom stereocenters. The lowest BCUT2D eigenvalue weighted by atomic mass is 9.32. The van der Waals surface area contributed by atoms with Gasteiger partial charge in [-0.1, -0.05) is 48.5 Å². The zero-order chi connectivity index (χ0) is 31.6. The molecule has 4 heterocycles. The van der Waals surface area contributed by atoms with Gasteiger partial charge in [-0.05, 0) is 156 Å². The van der Waals surface area contributed by atoms with E-state index in [4.69, 9.17) is 9.72 Å². The van der Waals surface area contributed by atoms with Gasteiger partial charge in [0.05, 0.1) is 22.1 Å². The second kappa shape index (κ2) is 8.82. The molecule has 2 atom stereocenters. The topological polar surface area (TPSA) is 31.5 Å². The van der Waals surface area contributed by atoms with E-state index in [9.17, 15) is 0 Å². The van der Waals surface area contributed by atoms with Crippen LogP contribution in [0.3, 0.4) is 0 Å². The third-order valence-electron chi connectivity index (χ3n) is 13.1. The van der Waals surface area contributed by atoms with E-state index in [0.29, 0.717) is 11.8 Å². The van der Waals surface area contributed by atoms with Crippen LogP contribution >= 0.6 is 0 Å². The van der Waals surface area contributed by atoms with Crippen LogP contribution < -0.4 is 15.7 Å². The summed E-state index contributed by atoms with van der Waals surface area (Å²) in [6.45, 7) is 6.93. The number of imidazole rings is 1. The first-order valence-electron chi connectivity index (χ1n) is 18.0. The highest BCUT2D eigenvalue weighted by Crippen LogP contribution is 2.57. The molecule has 4 nitrogen and oxygen atoms in total. The van der Waals surface area contributed by atoms with Crippen LogP contribution in [0.4, 0.5) is 0 Å². The van der Waals surface area contributed by atoms with Gasteiger partial charge in [0.25, 0.3) is 6.71 Å². The summed E-state index contributed by atoms with van der Waals surface area (Å²) >= 11 is 0. The minimum absolute atomic E-state index is 0.0613. The number of hydrogen-bond acceptors (Lipinski definition) is 2. The average molecular weight is 622 g/mol. The zero-order valence-corrected chi connectivity index (χ0v) is 27.7. The third-order valence-corrected chi connectivity index (χ3v) is 13.1. The number of fused-ring (bicyclic) bond motifs is 7. The first kappa shape index (κ1) is 26.2. The van der Waals surface area contributed by atoms with Crippen molar-refractivity contribution in [2.24, 2.45) is 11.8 Å². The van der Waals surface area contributed by atoms with Gasteiger partial charge in [-0.2, -0.15) is 0 Å². The van der Waals surface area contributed by atoms with Crippen molar-refractivity contribution in [2.75, 3.05) is 0 Å². The molecule has 0 saturated heterocycles. The first-order valence-corrected chi connectivity index (χ1v) is 18.0. The zero-order valence-electron chi connectivity index (χ0n) is 27.7. The summed E-state index contributed by atoms with van der Waals surface area (Å²) in [6.07, 6.45) is 6.93. The lowest BCUT2D eigenvalue weighted by Crippen LogP contribution is -2.51. The summed E-state index contributed by atoms with van der Waals surface area (Å²) in [5, 5.41) is 2.51. The summed E-state index contributed by atoms with van der Waals surface area (Å²) in [5.41, 5.74) is 17.2. The van der Waals surface area contributed by atoms with Crippen molar-refractivity contribution in [2.45, 2.75) is 64.7 Å². The quantitative estimate of drug-likeness (QED) is 0.171. The summed E-state index contributed by atoms with van der Waals surface area (Å²) in [5.74, 6) is 6.11. The lowest BCUT2D eigenvalue weighted by molar-refractivity contribution is 0.166. The van der Waals surface area contributed by atoms with E-state index >= 15 is 0 Å². The highest BCUT2D eigenvalue weighted by Gasteiger charge is 2.44. The number of benzene rings is 5. The van der Waals surface area contributed by atoms with Crippen molar-refractivity contribution in [3.05, 3.63) is 107 Å². The van der Waals surface area contributed by atoms with Crippen LogP contribution in [0.5, 0.6) is 11.5 Å². The molecule has 2 aliphatic heterocycles. The summed E-state index contributed by atoms with van der Waals surface area (Å²) in [7, 11) is 0. The Morgan fingerprint density at radius 2 is 1.46 bits per heavy atom. The standard InChI is InChI=1S/C43H36BN3O/c1-22-8-6-9-23(2)38(22)40-24(3)46-42-39-27(19-37-41(42)44(40)32-11-4-5-13-36(32)48-37)10-7-12-34(39)47-35-21-31-29-17-25-14-26(18-29)16-28(15-25)30(31)20-33(35)45-43(46)47/h4-13,19-21,25-26,28-29H,14-18H2,1-3H3. The van der Waals surface area contributed by atoms with Gasteiger partial charge < -0.3 is 4.74 Å². The Morgan fingerprint density at radius 1 is 0.729 bits per heavy atom. The predicted molar refractivity (Wildman–Crippen MR) is 197 cm³/mol. The summed E-state index contributed by atoms with van der Waals surface area (Å²) in [6, 6.07) is 29.6. The fraction of sp³-hybridized carbons (Fsp3) is 0.279. The molecule has 6 aliphatic rings. The fourth-order valence-corrected chi connectivity index (χ4v) is 11.5. The molecular formula is C43H36BN3O. The molecule has 2 fully saturated rings. The maximum absolute atomic E-state index is 6.83. The number of para-hydroxylation sites is 1. The number of rotatable bonds is 1. The number of ether oxygens (including phenoxy) is 1. The van der Waals surface area contributed by atoms with E-state index in [-0.39, 0.29) is 6.71 Å². The second-order valence-electron chi connectivity index (χ2n) is 15.7. The third kappa shape index (κ3) is 3.12. The molecule has 0 N–H and O–H groups in total. The van der Waals surface area contributed by atoms with Gasteiger partial charge in [0.1, 0.15) is 11.5 Å². The maximum Gasteiger partial charge on any atom is 0.256 e. The number of aromatic nitrogens is 3. The molecule has 5 heteroatoms. The molecule has 5 aromatic carbocycles. The van der Waals surface area contributed by atoms with E-state index in [1.165, 1.54) is 98.2 Å². The van der Waals surface area contributed by atoms with E-state index in [2.05, 4.69) is 109 Å². The van der Waals surface area contributed by atoms with Gasteiger partial charge in [0.15, 0.2) is 0 Å². The van der Waals surface area contributed by atoms with Crippen molar-refractivity contribution >= 4 is 67.4 Å². The van der Waals surface area contributed by atoms with E-state index < -0.39 is 0 Å². The van der Waals surface area contributed by atoms with E-state index in [1.807, 2.05) is 0 Å². The molecule has 2 aromatic heterocycles. The largest absolute Gasteiger partial charge is 0.458 e. The molecule has 2 saturated carbocycles. The molecular weight excluding hydrogens is 585 g/mol. The predicted octanol–water partition coefficient (Wildman–Crippen LogP) is 9.26. The molecule has 7 aromatic rings. The SMILES string of the molecule is CC1=C(c2c(C)cccc2C)B2c3ccccc3Oc3cc4cccc5c4c(c32)n1c1nc2cc3c(cc2n51)C1CC2CC(CC3C2)C1. The van der Waals surface area contributed by atoms with Gasteiger partial charge in [-0.15, -0.1) is 0 Å². The first-order chi connectivity index (χ1) is 23.5. The van der Waals surface area contributed by atoms with E-state index in [1.54, 1.807) is 11.1 Å². The van der Waals surface area contributed by atoms with Crippen LogP contribution in [0.25, 0.3) is 49.8 Å². The van der Waals surface area contributed by atoms with E-state index in [0.717, 1.165) is 34.6 Å². The molecule has 0 amide bonds. The monoisotopic (exact) mass is 621 g/mol. The Balaban J connectivity index is 1.27. The van der Waals surface area contributed by atoms with Crippen molar-refractivity contribution in [1.29, 1.82) is 0 Å². The maximum atomic E-state index is 6.83. The fourth-order valence-electron chi connectivity index (χ4n) is 11.5. The Hall–Kier alpha value is -4.77. The van der Waals surface area contributed by atoms with Gasteiger partial charge in [-0.25, -0.2) is 4.98 Å². The van der Waals surface area contributed by atoms with Crippen molar-refractivity contribution in [3.63, 3.8) is 0 Å². The van der Waals surface area contributed by atoms with Gasteiger partial charge in [-0.3, -0.25) is 8.97 Å². The summed E-state index contributed by atoms with van der Waals surface area (Å²) in [4.78, 5) is 5.63. The normalized spacial score (nSPS) is 23.4. The van der Waals surface area contributed by atoms with Crippen molar-refractivity contribution in [1.82, 2.24) is 14.0 Å². The number of allylic oxidation sites excluding steroid dienone is 1. The number of aryl methyl sites for hydroxylation is 2. The molecule has 48 heavy (non-hydrogen) atoms. The van der Waals surface area contributed by atoms with Gasteiger partial charge in [0, 0.05) is 11.1 Å². The second-order valence-corrected chi connectivity index (χ2v) is 15.7. The summed E-state index contributed by atoms with van der Waals surface area (Å²) < 4.78 is 11.8. The molecule has 4 bridgehead atoms. The molecule has 232 valence electrons. The van der Waals surface area contributed by atoms with Crippen LogP contribution in [0.1, 0.15) is 78.7 Å². The van der Waals surface area contributed by atoms with Crippen LogP contribution in [-0.2, 0) is 0 Å². The van der Waals surface area contributed by atoms with Gasteiger partial charge in [0.2, 0.25) is 5.78 Å². The Labute approximate surface area is 280 Å². The molecule has 4 aliphatic carbocycles. The molecule has 0 spiro atoms. The highest BCUT2D eigenvalue weighted by molar-refractivity contribution is 7.03. The highest BCUT2D eigenvalue weighted by atomic mass is 16.5. The van der Waals surface area contributed by atoms with Crippen molar-refractivity contribution < 1.29 is 4.74 Å². The van der Waals surface area contributed by atoms with Crippen LogP contribution in [-0.4, -0.2) is 20.7 Å². The number of nitrogens with zero attached hydrogens (tertiary/aromatic N) is 3. The molecule has 0 radical (unpaired) electrons. The number of hydrogen-bond donors (Lipinski definition) is 0.